The van der Waals surface area contributed by atoms with Crippen LogP contribution in [0.3, 0.4) is 0 Å². The number of fused-ring (bicyclic) bond motifs is 1. The SMILES string of the molecule is Cc1cc(NC(=O)c2cnn(-c3ccccc3)c2C)n(-c2cc(C)c3ccccc3n2)n1. The minimum absolute atomic E-state index is 0.247. The molecule has 0 saturated heterocycles. The van der Waals surface area contributed by atoms with E-state index in [1.54, 1.807) is 15.6 Å². The Morgan fingerprint density at radius 2 is 1.66 bits per heavy atom. The van der Waals surface area contributed by atoms with E-state index in [4.69, 9.17) is 4.98 Å². The average molecular weight is 422 g/mol. The second-order valence-electron chi connectivity index (χ2n) is 7.74. The van der Waals surface area contributed by atoms with Crippen LogP contribution in [0, 0.1) is 20.8 Å². The molecule has 3 heterocycles. The van der Waals surface area contributed by atoms with Crippen LogP contribution in [0.1, 0.15) is 27.3 Å². The van der Waals surface area contributed by atoms with Gasteiger partial charge in [0, 0.05) is 11.5 Å². The number of nitrogens with zero attached hydrogens (tertiary/aromatic N) is 5. The number of carbonyl (C=O) groups is 1. The van der Waals surface area contributed by atoms with E-state index in [9.17, 15) is 4.79 Å². The molecule has 0 bridgehead atoms. The Morgan fingerprint density at radius 3 is 2.47 bits per heavy atom. The fourth-order valence-corrected chi connectivity index (χ4v) is 3.85. The van der Waals surface area contributed by atoms with Crippen LogP contribution in [0.25, 0.3) is 22.4 Å². The number of anilines is 1. The molecule has 0 aliphatic heterocycles. The van der Waals surface area contributed by atoms with Crippen LogP contribution in [0.15, 0.2) is 72.9 Å². The summed E-state index contributed by atoms with van der Waals surface area (Å²) in [5, 5.41) is 13.1. The van der Waals surface area contributed by atoms with Crippen molar-refractivity contribution in [2.75, 3.05) is 5.32 Å². The highest BCUT2D eigenvalue weighted by atomic mass is 16.1. The molecule has 3 aromatic heterocycles. The molecule has 32 heavy (non-hydrogen) atoms. The first-order chi connectivity index (χ1) is 15.5. The molecule has 0 atom stereocenters. The molecule has 0 aliphatic carbocycles. The van der Waals surface area contributed by atoms with Gasteiger partial charge in [-0.1, -0.05) is 36.4 Å². The lowest BCUT2D eigenvalue weighted by atomic mass is 10.1. The summed E-state index contributed by atoms with van der Waals surface area (Å²) in [6.07, 6.45) is 1.59. The van der Waals surface area contributed by atoms with E-state index in [-0.39, 0.29) is 5.91 Å². The van der Waals surface area contributed by atoms with Gasteiger partial charge in [0.2, 0.25) is 0 Å². The fraction of sp³-hybridized carbons (Fsp3) is 0.120. The first-order valence-electron chi connectivity index (χ1n) is 10.4. The molecule has 1 N–H and O–H groups in total. The van der Waals surface area contributed by atoms with E-state index in [2.05, 4.69) is 15.5 Å². The van der Waals surface area contributed by atoms with Crippen molar-refractivity contribution in [1.82, 2.24) is 24.5 Å². The van der Waals surface area contributed by atoms with Crippen molar-refractivity contribution in [3.05, 3.63) is 95.4 Å². The summed E-state index contributed by atoms with van der Waals surface area (Å²) in [5.74, 6) is 0.964. The number of aromatic nitrogens is 5. The molecule has 2 aromatic carbocycles. The molecule has 0 saturated carbocycles. The second kappa shape index (κ2) is 7.77. The maximum absolute atomic E-state index is 13.1. The molecular formula is C25H22N6O. The Morgan fingerprint density at radius 1 is 0.906 bits per heavy atom. The van der Waals surface area contributed by atoms with Gasteiger partial charge in [-0.3, -0.25) is 4.79 Å². The third-order valence-corrected chi connectivity index (χ3v) is 5.45. The van der Waals surface area contributed by atoms with Crippen molar-refractivity contribution in [3.63, 3.8) is 0 Å². The molecule has 0 fully saturated rings. The first-order valence-corrected chi connectivity index (χ1v) is 10.4. The Balaban J connectivity index is 1.49. The van der Waals surface area contributed by atoms with Crippen LogP contribution in [0.4, 0.5) is 5.82 Å². The van der Waals surface area contributed by atoms with Crippen molar-refractivity contribution >= 4 is 22.6 Å². The van der Waals surface area contributed by atoms with Gasteiger partial charge in [0.1, 0.15) is 5.82 Å². The summed E-state index contributed by atoms with van der Waals surface area (Å²) in [7, 11) is 0. The van der Waals surface area contributed by atoms with Crippen molar-refractivity contribution in [2.45, 2.75) is 20.8 Å². The van der Waals surface area contributed by atoms with Gasteiger partial charge < -0.3 is 5.32 Å². The van der Waals surface area contributed by atoms with Gasteiger partial charge in [-0.25, -0.2) is 9.67 Å². The largest absolute Gasteiger partial charge is 0.306 e. The highest BCUT2D eigenvalue weighted by molar-refractivity contribution is 6.04. The molecule has 0 spiro atoms. The van der Waals surface area contributed by atoms with E-state index in [0.29, 0.717) is 17.2 Å². The maximum atomic E-state index is 13.1. The number of hydrogen-bond donors (Lipinski definition) is 1. The molecule has 0 radical (unpaired) electrons. The minimum atomic E-state index is -0.247. The van der Waals surface area contributed by atoms with Crippen molar-refractivity contribution < 1.29 is 4.79 Å². The Kier molecular flexibility index (Phi) is 4.78. The Labute approximate surface area is 185 Å². The molecule has 1 amide bonds. The van der Waals surface area contributed by atoms with Gasteiger partial charge in [-0.2, -0.15) is 14.9 Å². The van der Waals surface area contributed by atoms with Crippen LogP contribution in [0.5, 0.6) is 0 Å². The molecule has 5 rings (SSSR count). The van der Waals surface area contributed by atoms with Crippen molar-refractivity contribution in [3.8, 4) is 11.5 Å². The standard InChI is InChI=1S/C25H22N6O/c1-16-13-23(27-22-12-8-7-11-20(16)22)31-24(14-17(2)29-31)28-25(32)21-15-26-30(18(21)3)19-9-5-4-6-10-19/h4-15H,1-3H3,(H,28,32). The van der Waals surface area contributed by atoms with Crippen LogP contribution in [-0.2, 0) is 0 Å². The smallest absolute Gasteiger partial charge is 0.260 e. The topological polar surface area (TPSA) is 77.6 Å². The molecule has 5 aromatic rings. The maximum Gasteiger partial charge on any atom is 0.260 e. The molecule has 7 heteroatoms. The molecule has 0 aliphatic rings. The van der Waals surface area contributed by atoms with E-state index in [1.807, 2.05) is 87.5 Å². The molecule has 158 valence electrons. The number of rotatable bonds is 4. The number of para-hydroxylation sites is 2. The number of carbonyl (C=O) groups excluding carboxylic acids is 1. The Bertz CT molecular complexity index is 1450. The van der Waals surface area contributed by atoms with Crippen LogP contribution < -0.4 is 5.32 Å². The monoisotopic (exact) mass is 422 g/mol. The predicted molar refractivity (Wildman–Crippen MR) is 125 cm³/mol. The summed E-state index contributed by atoms with van der Waals surface area (Å²) in [5.41, 5.74) is 4.92. The Hall–Kier alpha value is -4.26. The van der Waals surface area contributed by atoms with Gasteiger partial charge in [-0.15, -0.1) is 0 Å². The zero-order valence-electron chi connectivity index (χ0n) is 18.1. The summed E-state index contributed by atoms with van der Waals surface area (Å²) < 4.78 is 3.43. The third-order valence-electron chi connectivity index (χ3n) is 5.45. The lowest BCUT2D eigenvalue weighted by Crippen LogP contribution is -2.16. The van der Waals surface area contributed by atoms with Crippen LogP contribution in [0.2, 0.25) is 0 Å². The van der Waals surface area contributed by atoms with Crippen LogP contribution >= 0.6 is 0 Å². The third kappa shape index (κ3) is 3.43. The average Bonchev–Trinajstić information content (AvgIpc) is 3.36. The summed E-state index contributed by atoms with van der Waals surface area (Å²) in [6.45, 7) is 5.81. The van der Waals surface area contributed by atoms with Crippen LogP contribution in [-0.4, -0.2) is 30.5 Å². The van der Waals surface area contributed by atoms with E-state index in [1.165, 1.54) is 0 Å². The van der Waals surface area contributed by atoms with Gasteiger partial charge in [-0.05, 0) is 50.6 Å². The zero-order chi connectivity index (χ0) is 22.2. The van der Waals surface area contributed by atoms with Gasteiger partial charge >= 0.3 is 0 Å². The number of hydrogen-bond acceptors (Lipinski definition) is 4. The lowest BCUT2D eigenvalue weighted by molar-refractivity contribution is 0.102. The molecule has 7 nitrogen and oxygen atoms in total. The van der Waals surface area contributed by atoms with E-state index < -0.39 is 0 Å². The van der Waals surface area contributed by atoms with Gasteiger partial charge in [0.05, 0.1) is 34.4 Å². The lowest BCUT2D eigenvalue weighted by Gasteiger charge is -2.11. The number of aryl methyl sites for hydroxylation is 2. The summed E-state index contributed by atoms with van der Waals surface area (Å²) in [4.78, 5) is 17.9. The number of nitrogens with one attached hydrogen (secondary N) is 1. The predicted octanol–water partition coefficient (Wildman–Crippen LogP) is 4.78. The number of benzene rings is 2. The van der Waals surface area contributed by atoms with Crippen molar-refractivity contribution in [2.24, 2.45) is 0 Å². The first kappa shape index (κ1) is 19.7. The van der Waals surface area contributed by atoms with Gasteiger partial charge in [0.15, 0.2) is 5.82 Å². The van der Waals surface area contributed by atoms with Gasteiger partial charge in [0.25, 0.3) is 5.91 Å². The number of pyridine rings is 1. The zero-order valence-corrected chi connectivity index (χ0v) is 18.1. The van der Waals surface area contributed by atoms with Crippen molar-refractivity contribution in [1.29, 1.82) is 0 Å². The van der Waals surface area contributed by atoms with E-state index >= 15 is 0 Å². The molecular weight excluding hydrogens is 400 g/mol. The normalized spacial score (nSPS) is 11.1. The highest BCUT2D eigenvalue weighted by Crippen LogP contribution is 2.23. The quantitative estimate of drug-likeness (QED) is 0.452. The fourth-order valence-electron chi connectivity index (χ4n) is 3.85. The minimum Gasteiger partial charge on any atom is -0.306 e. The summed E-state index contributed by atoms with van der Waals surface area (Å²) >= 11 is 0. The van der Waals surface area contributed by atoms with E-state index in [0.717, 1.165) is 33.5 Å². The molecule has 0 unspecified atom stereocenters. The highest BCUT2D eigenvalue weighted by Gasteiger charge is 2.18. The summed E-state index contributed by atoms with van der Waals surface area (Å²) in [6, 6.07) is 21.5. The second-order valence-corrected chi connectivity index (χ2v) is 7.74. The number of amides is 1.